The maximum Gasteiger partial charge on any atom is 0.573 e. The fourth-order valence-electron chi connectivity index (χ4n) is 4.04. The van der Waals surface area contributed by atoms with Gasteiger partial charge in [-0.2, -0.15) is 0 Å². The lowest BCUT2D eigenvalue weighted by Gasteiger charge is -2.22. The molecule has 0 aliphatic heterocycles. The highest BCUT2D eigenvalue weighted by Crippen LogP contribution is 2.32. The molecule has 0 spiro atoms. The van der Waals surface area contributed by atoms with E-state index < -0.39 is 6.36 Å². The molecule has 2 aromatic carbocycles. The summed E-state index contributed by atoms with van der Waals surface area (Å²) in [4.78, 5) is 4.72. The quantitative estimate of drug-likeness (QED) is 0.416. The molecule has 4 nitrogen and oxygen atoms in total. The predicted octanol–water partition coefficient (Wildman–Crippen LogP) is 7.31. The fourth-order valence-corrected chi connectivity index (χ4v) is 4.04. The molecule has 0 radical (unpaired) electrons. The molecule has 0 amide bonds. The van der Waals surface area contributed by atoms with Crippen molar-refractivity contribution >= 4 is 22.7 Å². The zero-order valence-corrected chi connectivity index (χ0v) is 17.7. The highest BCUT2D eigenvalue weighted by atomic mass is 19.4. The van der Waals surface area contributed by atoms with Crippen LogP contribution in [0, 0.1) is 11.8 Å². The van der Waals surface area contributed by atoms with E-state index in [1.54, 1.807) is 12.1 Å². The van der Waals surface area contributed by atoms with Gasteiger partial charge in [0.1, 0.15) is 5.75 Å². The molecule has 3 rings (SSSR count). The van der Waals surface area contributed by atoms with Gasteiger partial charge in [-0.1, -0.05) is 32.9 Å². The molecule has 1 heterocycles. The van der Waals surface area contributed by atoms with Crippen LogP contribution in [0.25, 0.3) is 11.0 Å². The van der Waals surface area contributed by atoms with Gasteiger partial charge in [0.05, 0.1) is 11.0 Å². The number of fused-ring (bicyclic) bond motifs is 1. The van der Waals surface area contributed by atoms with Crippen LogP contribution in [0.2, 0.25) is 0 Å². The van der Waals surface area contributed by atoms with Gasteiger partial charge in [0.15, 0.2) is 0 Å². The lowest BCUT2D eigenvalue weighted by molar-refractivity contribution is -0.274. The average Bonchev–Trinajstić information content (AvgIpc) is 2.99. The first-order valence-corrected chi connectivity index (χ1v) is 10.2. The van der Waals surface area contributed by atoms with Crippen LogP contribution >= 0.6 is 0 Å². The minimum Gasteiger partial charge on any atom is -0.406 e. The van der Waals surface area contributed by atoms with Crippen LogP contribution in [0.4, 0.5) is 24.8 Å². The molecule has 30 heavy (non-hydrogen) atoms. The molecule has 0 aliphatic carbocycles. The molecule has 0 fully saturated rings. The second kappa shape index (κ2) is 8.98. The summed E-state index contributed by atoms with van der Waals surface area (Å²) in [6.07, 6.45) is -2.54. The number of para-hydroxylation sites is 2. The first-order chi connectivity index (χ1) is 14.1. The van der Waals surface area contributed by atoms with Gasteiger partial charge in [-0.25, -0.2) is 4.98 Å². The van der Waals surface area contributed by atoms with Gasteiger partial charge in [0.25, 0.3) is 0 Å². The molecule has 2 unspecified atom stereocenters. The van der Waals surface area contributed by atoms with Crippen molar-refractivity contribution in [3.63, 3.8) is 0 Å². The van der Waals surface area contributed by atoms with Gasteiger partial charge in [0.2, 0.25) is 5.95 Å². The Kier molecular flexibility index (Phi) is 6.58. The van der Waals surface area contributed by atoms with E-state index in [9.17, 15) is 13.2 Å². The van der Waals surface area contributed by atoms with Gasteiger partial charge in [-0.05, 0) is 68.0 Å². The lowest BCUT2D eigenvalue weighted by Crippen LogP contribution is -2.17. The fraction of sp³-hybridized carbons (Fsp3) is 0.435. The minimum absolute atomic E-state index is 0.210. The Labute approximate surface area is 175 Å². The van der Waals surface area contributed by atoms with Crippen molar-refractivity contribution in [2.24, 2.45) is 11.8 Å². The Morgan fingerprint density at radius 1 is 0.967 bits per heavy atom. The summed E-state index contributed by atoms with van der Waals surface area (Å²) < 4.78 is 43.3. The zero-order chi connectivity index (χ0) is 21.9. The Morgan fingerprint density at radius 3 is 2.27 bits per heavy atom. The second-order valence-corrected chi connectivity index (χ2v) is 8.31. The summed E-state index contributed by atoms with van der Waals surface area (Å²) in [6, 6.07) is 13.8. The summed E-state index contributed by atoms with van der Waals surface area (Å²) in [7, 11) is 0. The maximum atomic E-state index is 12.4. The molecule has 0 bridgehead atoms. The molecule has 3 aromatic rings. The number of hydrogen-bond acceptors (Lipinski definition) is 3. The Hall–Kier alpha value is -2.70. The van der Waals surface area contributed by atoms with Gasteiger partial charge in [0, 0.05) is 11.7 Å². The van der Waals surface area contributed by atoms with Crippen LogP contribution in [-0.2, 0) is 0 Å². The van der Waals surface area contributed by atoms with Crippen molar-refractivity contribution in [1.29, 1.82) is 0 Å². The van der Waals surface area contributed by atoms with Crippen molar-refractivity contribution in [2.45, 2.75) is 52.9 Å². The monoisotopic (exact) mass is 419 g/mol. The minimum atomic E-state index is -4.70. The van der Waals surface area contributed by atoms with E-state index in [0.717, 1.165) is 23.9 Å². The van der Waals surface area contributed by atoms with Crippen LogP contribution in [0.5, 0.6) is 5.75 Å². The third kappa shape index (κ3) is 5.68. The summed E-state index contributed by atoms with van der Waals surface area (Å²) in [5.41, 5.74) is 2.55. The van der Waals surface area contributed by atoms with E-state index in [1.807, 2.05) is 24.3 Å². The molecular formula is C23H28F3N3O. The van der Waals surface area contributed by atoms with Crippen LogP contribution in [0.1, 0.15) is 46.6 Å². The Balaban J connectivity index is 1.86. The van der Waals surface area contributed by atoms with Crippen molar-refractivity contribution in [1.82, 2.24) is 9.55 Å². The molecule has 0 aliphatic rings. The largest absolute Gasteiger partial charge is 0.573 e. The number of nitrogens with one attached hydrogen (secondary N) is 1. The predicted molar refractivity (Wildman–Crippen MR) is 114 cm³/mol. The summed E-state index contributed by atoms with van der Waals surface area (Å²) in [6.45, 7) is 8.90. The van der Waals surface area contributed by atoms with Crippen molar-refractivity contribution < 1.29 is 17.9 Å². The van der Waals surface area contributed by atoms with E-state index in [2.05, 4.69) is 42.3 Å². The van der Waals surface area contributed by atoms with Crippen LogP contribution in [0.3, 0.4) is 0 Å². The molecule has 7 heteroatoms. The number of ether oxygens (including phenoxy) is 1. The van der Waals surface area contributed by atoms with Crippen LogP contribution in [-0.4, -0.2) is 15.9 Å². The number of alkyl halides is 3. The van der Waals surface area contributed by atoms with E-state index in [-0.39, 0.29) is 11.8 Å². The standard InChI is InChI=1S/C23H28F3N3O/c1-15(2)13-16(3)14-17(4)29-21-8-6-5-7-20(21)28-22(29)27-18-9-11-19(12-10-18)30-23(24,25)26/h5-12,15-17H,13-14H2,1-4H3,(H,27,28). The molecule has 0 saturated carbocycles. The Bertz CT molecular complexity index is 964. The zero-order valence-electron chi connectivity index (χ0n) is 17.7. The second-order valence-electron chi connectivity index (χ2n) is 8.31. The van der Waals surface area contributed by atoms with Crippen LogP contribution < -0.4 is 10.1 Å². The molecular weight excluding hydrogens is 391 g/mol. The first kappa shape index (κ1) is 22.0. The van der Waals surface area contributed by atoms with Gasteiger partial charge >= 0.3 is 6.36 Å². The first-order valence-electron chi connectivity index (χ1n) is 10.2. The molecule has 1 N–H and O–H groups in total. The average molecular weight is 419 g/mol. The number of rotatable bonds is 8. The highest BCUT2D eigenvalue weighted by molar-refractivity contribution is 5.80. The van der Waals surface area contributed by atoms with E-state index in [1.165, 1.54) is 12.1 Å². The van der Waals surface area contributed by atoms with Gasteiger partial charge in [-0.15, -0.1) is 13.2 Å². The number of aromatic nitrogens is 2. The summed E-state index contributed by atoms with van der Waals surface area (Å²) in [5, 5.41) is 3.26. The third-order valence-corrected chi connectivity index (χ3v) is 5.00. The van der Waals surface area contributed by atoms with E-state index in [4.69, 9.17) is 4.98 Å². The number of benzene rings is 2. The number of halogens is 3. The highest BCUT2D eigenvalue weighted by Gasteiger charge is 2.31. The SMILES string of the molecule is CC(C)CC(C)CC(C)n1c(Nc2ccc(OC(F)(F)F)cc2)nc2ccccc21. The lowest BCUT2D eigenvalue weighted by atomic mass is 9.93. The summed E-state index contributed by atoms with van der Waals surface area (Å²) in [5.74, 6) is 1.62. The maximum absolute atomic E-state index is 12.4. The summed E-state index contributed by atoms with van der Waals surface area (Å²) >= 11 is 0. The number of nitrogens with zero attached hydrogens (tertiary/aromatic N) is 2. The van der Waals surface area contributed by atoms with Gasteiger partial charge in [-0.3, -0.25) is 0 Å². The molecule has 0 saturated heterocycles. The van der Waals surface area contributed by atoms with E-state index >= 15 is 0 Å². The third-order valence-electron chi connectivity index (χ3n) is 5.00. The Morgan fingerprint density at radius 2 is 1.63 bits per heavy atom. The van der Waals surface area contributed by atoms with Crippen molar-refractivity contribution in [3.8, 4) is 5.75 Å². The van der Waals surface area contributed by atoms with Crippen molar-refractivity contribution in [2.75, 3.05) is 5.32 Å². The number of imidazole rings is 1. The molecule has 162 valence electrons. The smallest absolute Gasteiger partial charge is 0.406 e. The van der Waals surface area contributed by atoms with E-state index in [0.29, 0.717) is 23.5 Å². The molecule has 1 aromatic heterocycles. The van der Waals surface area contributed by atoms with Gasteiger partial charge < -0.3 is 14.6 Å². The topological polar surface area (TPSA) is 39.1 Å². The van der Waals surface area contributed by atoms with Crippen molar-refractivity contribution in [3.05, 3.63) is 48.5 Å². The normalized spacial score (nSPS) is 14.1. The number of hydrogen-bond donors (Lipinski definition) is 1. The molecule has 2 atom stereocenters. The van der Waals surface area contributed by atoms with Crippen LogP contribution in [0.15, 0.2) is 48.5 Å². The number of anilines is 2.